The Morgan fingerprint density at radius 1 is 1.44 bits per heavy atom. The zero-order valence-electron chi connectivity index (χ0n) is 8.90. The van der Waals surface area contributed by atoms with Gasteiger partial charge in [0.25, 0.3) is 0 Å². The SMILES string of the molecule is ClCc1nc2ccccc2n1CC1CCO1. The molecular formula is C12H13ClN2O. The molecule has 0 aliphatic carbocycles. The molecule has 0 spiro atoms. The molecule has 1 saturated heterocycles. The predicted molar refractivity (Wildman–Crippen MR) is 63.6 cm³/mol. The fourth-order valence-electron chi connectivity index (χ4n) is 2.06. The van der Waals surface area contributed by atoms with E-state index in [9.17, 15) is 0 Å². The molecule has 1 atom stereocenters. The van der Waals surface area contributed by atoms with Gasteiger partial charge in [0.2, 0.25) is 0 Å². The Labute approximate surface area is 99.0 Å². The quantitative estimate of drug-likeness (QED) is 0.766. The van der Waals surface area contributed by atoms with Crippen LogP contribution in [0.3, 0.4) is 0 Å². The van der Waals surface area contributed by atoms with Crippen LogP contribution in [-0.4, -0.2) is 22.3 Å². The van der Waals surface area contributed by atoms with Gasteiger partial charge in [-0.2, -0.15) is 0 Å². The third kappa shape index (κ3) is 1.60. The van der Waals surface area contributed by atoms with Gasteiger partial charge in [0, 0.05) is 6.61 Å². The molecule has 0 amide bonds. The van der Waals surface area contributed by atoms with Crippen molar-refractivity contribution in [3.05, 3.63) is 30.1 Å². The van der Waals surface area contributed by atoms with E-state index in [-0.39, 0.29) is 0 Å². The summed E-state index contributed by atoms with van der Waals surface area (Å²) in [6, 6.07) is 8.12. The number of hydrogen-bond acceptors (Lipinski definition) is 2. The lowest BCUT2D eigenvalue weighted by Gasteiger charge is -2.27. The average Bonchev–Trinajstić information content (AvgIpc) is 2.61. The number of rotatable bonds is 3. The average molecular weight is 237 g/mol. The summed E-state index contributed by atoms with van der Waals surface area (Å²) in [6.45, 7) is 1.75. The lowest BCUT2D eigenvalue weighted by atomic mass is 10.2. The normalized spacial score (nSPS) is 19.9. The Kier molecular flexibility index (Phi) is 2.58. The molecule has 16 heavy (non-hydrogen) atoms. The summed E-state index contributed by atoms with van der Waals surface area (Å²) in [5.41, 5.74) is 2.16. The second-order valence-electron chi connectivity index (χ2n) is 4.04. The van der Waals surface area contributed by atoms with Crippen molar-refractivity contribution >= 4 is 22.6 Å². The van der Waals surface area contributed by atoms with Gasteiger partial charge in [-0.25, -0.2) is 4.98 Å². The maximum Gasteiger partial charge on any atom is 0.124 e. The van der Waals surface area contributed by atoms with Crippen LogP contribution in [0.4, 0.5) is 0 Å². The van der Waals surface area contributed by atoms with Crippen molar-refractivity contribution in [1.82, 2.24) is 9.55 Å². The maximum absolute atomic E-state index is 5.92. The van der Waals surface area contributed by atoms with E-state index >= 15 is 0 Å². The Hall–Kier alpha value is -1.06. The summed E-state index contributed by atoms with van der Waals surface area (Å²) in [5.74, 6) is 1.37. The number of halogens is 1. The molecule has 1 aliphatic heterocycles. The van der Waals surface area contributed by atoms with Crippen LogP contribution in [0.5, 0.6) is 0 Å². The number of nitrogens with zero attached hydrogens (tertiary/aromatic N) is 2. The van der Waals surface area contributed by atoms with Gasteiger partial charge in [-0.15, -0.1) is 11.6 Å². The van der Waals surface area contributed by atoms with Crippen molar-refractivity contribution in [2.24, 2.45) is 0 Å². The number of alkyl halides is 1. The molecule has 0 N–H and O–H groups in total. The van der Waals surface area contributed by atoms with Gasteiger partial charge in [-0.3, -0.25) is 0 Å². The largest absolute Gasteiger partial charge is 0.376 e. The standard InChI is InChI=1S/C12H13ClN2O/c13-7-12-14-10-3-1-2-4-11(10)15(12)8-9-5-6-16-9/h1-4,9H,5-8H2. The van der Waals surface area contributed by atoms with Gasteiger partial charge in [0.05, 0.1) is 29.6 Å². The minimum atomic E-state index is 0.333. The highest BCUT2D eigenvalue weighted by Gasteiger charge is 2.21. The van der Waals surface area contributed by atoms with Crippen molar-refractivity contribution in [3.63, 3.8) is 0 Å². The summed E-state index contributed by atoms with van der Waals surface area (Å²) in [6.07, 6.45) is 1.47. The second kappa shape index (κ2) is 4.07. The maximum atomic E-state index is 5.92. The van der Waals surface area contributed by atoms with Crippen LogP contribution >= 0.6 is 11.6 Å². The third-order valence-electron chi connectivity index (χ3n) is 3.03. The molecule has 1 unspecified atom stereocenters. The Morgan fingerprint density at radius 3 is 2.94 bits per heavy atom. The molecule has 0 saturated carbocycles. The minimum absolute atomic E-state index is 0.333. The summed E-state index contributed by atoms with van der Waals surface area (Å²) < 4.78 is 7.63. The number of aromatic nitrogens is 2. The lowest BCUT2D eigenvalue weighted by Crippen LogP contribution is -2.31. The lowest BCUT2D eigenvalue weighted by molar-refractivity contribution is -0.0589. The Bertz CT molecular complexity index is 505. The highest BCUT2D eigenvalue weighted by molar-refractivity contribution is 6.16. The van der Waals surface area contributed by atoms with Crippen LogP contribution in [0.25, 0.3) is 11.0 Å². The third-order valence-corrected chi connectivity index (χ3v) is 3.27. The first kappa shape index (κ1) is 10.1. The number of para-hydroxylation sites is 2. The topological polar surface area (TPSA) is 27.1 Å². The molecule has 1 fully saturated rings. The Morgan fingerprint density at radius 2 is 2.25 bits per heavy atom. The molecule has 3 nitrogen and oxygen atoms in total. The monoisotopic (exact) mass is 236 g/mol. The summed E-state index contributed by atoms with van der Waals surface area (Å²) in [7, 11) is 0. The molecule has 1 aromatic heterocycles. The first-order valence-corrected chi connectivity index (χ1v) is 6.03. The highest BCUT2D eigenvalue weighted by atomic mass is 35.5. The predicted octanol–water partition coefficient (Wildman–Crippen LogP) is 2.56. The van der Waals surface area contributed by atoms with Gasteiger partial charge < -0.3 is 9.30 Å². The van der Waals surface area contributed by atoms with E-state index in [2.05, 4.69) is 15.6 Å². The van der Waals surface area contributed by atoms with Crippen LogP contribution in [0.2, 0.25) is 0 Å². The van der Waals surface area contributed by atoms with E-state index in [0.29, 0.717) is 12.0 Å². The van der Waals surface area contributed by atoms with E-state index in [1.54, 1.807) is 0 Å². The molecule has 1 aromatic carbocycles. The first-order chi connectivity index (χ1) is 7.88. The van der Waals surface area contributed by atoms with Crippen LogP contribution in [0.1, 0.15) is 12.2 Å². The van der Waals surface area contributed by atoms with Gasteiger partial charge in [0.15, 0.2) is 0 Å². The van der Waals surface area contributed by atoms with Crippen LogP contribution in [0, 0.1) is 0 Å². The van der Waals surface area contributed by atoms with Crippen LogP contribution in [0.15, 0.2) is 24.3 Å². The highest BCUT2D eigenvalue weighted by Crippen LogP contribution is 2.21. The molecule has 4 heteroatoms. The van der Waals surface area contributed by atoms with E-state index in [4.69, 9.17) is 16.3 Å². The zero-order valence-corrected chi connectivity index (χ0v) is 9.65. The number of fused-ring (bicyclic) bond motifs is 1. The van der Waals surface area contributed by atoms with Crippen LogP contribution in [-0.2, 0) is 17.2 Å². The fourth-order valence-corrected chi connectivity index (χ4v) is 2.27. The summed E-state index contributed by atoms with van der Waals surface area (Å²) in [5, 5.41) is 0. The molecule has 3 rings (SSSR count). The van der Waals surface area contributed by atoms with Gasteiger partial charge in [-0.05, 0) is 18.6 Å². The van der Waals surface area contributed by atoms with Crippen molar-refractivity contribution < 1.29 is 4.74 Å². The summed E-state index contributed by atoms with van der Waals surface area (Å²) >= 11 is 5.92. The van der Waals surface area contributed by atoms with Crippen molar-refractivity contribution in [3.8, 4) is 0 Å². The minimum Gasteiger partial charge on any atom is -0.376 e. The molecule has 1 aliphatic rings. The van der Waals surface area contributed by atoms with Crippen molar-refractivity contribution in [2.75, 3.05) is 6.61 Å². The molecule has 84 valence electrons. The Balaban J connectivity index is 2.04. The van der Waals surface area contributed by atoms with E-state index in [0.717, 1.165) is 36.4 Å². The number of hydrogen-bond donors (Lipinski definition) is 0. The molecule has 2 aromatic rings. The van der Waals surface area contributed by atoms with Gasteiger partial charge in [-0.1, -0.05) is 12.1 Å². The van der Waals surface area contributed by atoms with E-state index < -0.39 is 0 Å². The fraction of sp³-hybridized carbons (Fsp3) is 0.417. The van der Waals surface area contributed by atoms with Gasteiger partial charge in [0.1, 0.15) is 5.82 Å². The first-order valence-electron chi connectivity index (χ1n) is 5.50. The van der Waals surface area contributed by atoms with E-state index in [1.165, 1.54) is 0 Å². The van der Waals surface area contributed by atoms with Crippen molar-refractivity contribution in [1.29, 1.82) is 0 Å². The van der Waals surface area contributed by atoms with Crippen LogP contribution < -0.4 is 0 Å². The zero-order chi connectivity index (χ0) is 11.0. The molecule has 0 radical (unpaired) electrons. The molecule has 2 heterocycles. The second-order valence-corrected chi connectivity index (χ2v) is 4.31. The van der Waals surface area contributed by atoms with Gasteiger partial charge >= 0.3 is 0 Å². The number of benzene rings is 1. The molecular weight excluding hydrogens is 224 g/mol. The summed E-state index contributed by atoms with van der Waals surface area (Å²) in [4.78, 5) is 4.52. The molecule has 0 bridgehead atoms. The smallest absolute Gasteiger partial charge is 0.124 e. The number of imidazole rings is 1. The number of ether oxygens (including phenoxy) is 1. The van der Waals surface area contributed by atoms with E-state index in [1.807, 2.05) is 18.2 Å². The van der Waals surface area contributed by atoms with Crippen molar-refractivity contribution in [2.45, 2.75) is 24.9 Å².